The zero-order chi connectivity index (χ0) is 20.5. The molecule has 146 valence electrons. The van der Waals surface area contributed by atoms with E-state index < -0.39 is 22.5 Å². The highest BCUT2D eigenvalue weighted by molar-refractivity contribution is 7.92. The van der Waals surface area contributed by atoms with E-state index >= 15 is 0 Å². The van der Waals surface area contributed by atoms with E-state index in [1.807, 2.05) is 20.8 Å². The molecule has 1 aromatic heterocycles. The van der Waals surface area contributed by atoms with Gasteiger partial charge >= 0.3 is 5.97 Å². The molecule has 0 amide bonds. The Balaban J connectivity index is 2.07. The first-order chi connectivity index (χ1) is 13.1. The number of sulfonamides is 1. The fourth-order valence-electron chi connectivity index (χ4n) is 2.91. The maximum Gasteiger partial charge on any atom is 0.324 e. The Hall–Kier alpha value is -2.93. The standard InChI is InChI=1S/C21H22N2O4S/c1-21(2,3)16-6-9-18(10-7-16)28(26,27)23(14-20(24)25)17-8-11-19-15(13-17)5-4-12-22-19/h4-13H,14H2,1-3H3,(H,24,25). The van der Waals surface area contributed by atoms with E-state index in [-0.39, 0.29) is 16.0 Å². The normalized spacial score (nSPS) is 12.1. The van der Waals surface area contributed by atoms with Crippen molar-refractivity contribution in [2.75, 3.05) is 10.8 Å². The van der Waals surface area contributed by atoms with Crippen LogP contribution in [-0.2, 0) is 20.2 Å². The third kappa shape index (κ3) is 3.99. The molecule has 0 aliphatic rings. The largest absolute Gasteiger partial charge is 0.480 e. The fraction of sp³-hybridized carbons (Fsp3) is 0.238. The van der Waals surface area contributed by atoms with Gasteiger partial charge in [0.15, 0.2) is 0 Å². The maximum absolute atomic E-state index is 13.2. The van der Waals surface area contributed by atoms with Gasteiger partial charge in [0, 0.05) is 11.6 Å². The number of anilines is 1. The molecule has 7 heteroatoms. The minimum absolute atomic E-state index is 0.0491. The van der Waals surface area contributed by atoms with Gasteiger partial charge in [-0.3, -0.25) is 14.1 Å². The van der Waals surface area contributed by atoms with Gasteiger partial charge in [0.05, 0.1) is 16.1 Å². The van der Waals surface area contributed by atoms with E-state index in [1.165, 1.54) is 12.1 Å². The third-order valence-corrected chi connectivity index (χ3v) is 6.25. The van der Waals surface area contributed by atoms with Crippen LogP contribution in [0.3, 0.4) is 0 Å². The molecule has 6 nitrogen and oxygen atoms in total. The average molecular weight is 398 g/mol. The van der Waals surface area contributed by atoms with Crippen molar-refractivity contribution in [2.24, 2.45) is 0 Å². The Labute approximate surface area is 164 Å². The topological polar surface area (TPSA) is 87.6 Å². The smallest absolute Gasteiger partial charge is 0.324 e. The molecular formula is C21H22N2O4S. The number of carboxylic acid groups (broad SMARTS) is 1. The number of rotatable bonds is 5. The number of nitrogens with zero attached hydrogens (tertiary/aromatic N) is 2. The van der Waals surface area contributed by atoms with Crippen LogP contribution in [0, 0.1) is 0 Å². The average Bonchev–Trinajstić information content (AvgIpc) is 2.65. The molecule has 1 N–H and O–H groups in total. The molecule has 0 saturated carbocycles. The number of carboxylic acids is 1. The summed E-state index contributed by atoms with van der Waals surface area (Å²) in [5, 5.41) is 10.0. The molecule has 28 heavy (non-hydrogen) atoms. The number of benzene rings is 2. The number of aliphatic carboxylic acids is 1. The van der Waals surface area contributed by atoms with Gasteiger partial charge in [-0.15, -0.1) is 0 Å². The molecule has 3 aromatic rings. The fourth-order valence-corrected chi connectivity index (χ4v) is 4.32. The van der Waals surface area contributed by atoms with E-state index in [2.05, 4.69) is 4.98 Å². The Bertz CT molecular complexity index is 1120. The zero-order valence-corrected chi connectivity index (χ0v) is 16.8. The van der Waals surface area contributed by atoms with Crippen LogP contribution in [-0.4, -0.2) is 31.0 Å². The van der Waals surface area contributed by atoms with Crippen LogP contribution in [0.2, 0.25) is 0 Å². The lowest BCUT2D eigenvalue weighted by atomic mass is 9.87. The van der Waals surface area contributed by atoms with Crippen molar-refractivity contribution in [3.63, 3.8) is 0 Å². The number of hydrogen-bond acceptors (Lipinski definition) is 4. The second-order valence-corrected chi connectivity index (χ2v) is 9.42. The highest BCUT2D eigenvalue weighted by Crippen LogP contribution is 2.28. The first-order valence-electron chi connectivity index (χ1n) is 8.79. The van der Waals surface area contributed by atoms with Gasteiger partial charge in [0.25, 0.3) is 10.0 Å². The molecule has 0 aliphatic carbocycles. The molecule has 3 rings (SSSR count). The summed E-state index contributed by atoms with van der Waals surface area (Å²) in [6.45, 7) is 5.44. The Kier molecular flexibility index (Phi) is 5.12. The first-order valence-corrected chi connectivity index (χ1v) is 10.2. The van der Waals surface area contributed by atoms with Gasteiger partial charge in [-0.25, -0.2) is 8.42 Å². The van der Waals surface area contributed by atoms with Crippen LogP contribution in [0.5, 0.6) is 0 Å². The van der Waals surface area contributed by atoms with Crippen molar-refractivity contribution in [1.29, 1.82) is 0 Å². The van der Waals surface area contributed by atoms with E-state index in [0.717, 1.165) is 15.3 Å². The molecule has 2 aromatic carbocycles. The predicted octanol–water partition coefficient (Wildman–Crippen LogP) is 3.81. The monoisotopic (exact) mass is 398 g/mol. The Morgan fingerprint density at radius 3 is 2.36 bits per heavy atom. The van der Waals surface area contributed by atoms with Crippen LogP contribution < -0.4 is 4.31 Å². The van der Waals surface area contributed by atoms with E-state index in [4.69, 9.17) is 0 Å². The summed E-state index contributed by atoms with van der Waals surface area (Å²) in [7, 11) is -4.05. The summed E-state index contributed by atoms with van der Waals surface area (Å²) in [4.78, 5) is 15.7. The van der Waals surface area contributed by atoms with Crippen LogP contribution in [0.1, 0.15) is 26.3 Å². The van der Waals surface area contributed by atoms with Gasteiger partial charge in [0.1, 0.15) is 6.54 Å². The van der Waals surface area contributed by atoms with Crippen molar-refractivity contribution in [3.8, 4) is 0 Å². The summed E-state index contributed by atoms with van der Waals surface area (Å²) in [6, 6.07) is 15.0. The SMILES string of the molecule is CC(C)(C)c1ccc(S(=O)(=O)N(CC(=O)O)c2ccc3ncccc3c2)cc1. The number of hydrogen-bond donors (Lipinski definition) is 1. The Morgan fingerprint density at radius 1 is 1.07 bits per heavy atom. The number of pyridine rings is 1. The summed E-state index contributed by atoms with van der Waals surface area (Å²) >= 11 is 0. The van der Waals surface area contributed by atoms with Crippen molar-refractivity contribution < 1.29 is 18.3 Å². The molecule has 0 radical (unpaired) electrons. The first kappa shape index (κ1) is 19.8. The van der Waals surface area contributed by atoms with Gasteiger partial charge < -0.3 is 5.11 Å². The number of carbonyl (C=O) groups is 1. The summed E-state index contributed by atoms with van der Waals surface area (Å²) in [5.74, 6) is -1.24. The molecule has 0 spiro atoms. The molecular weight excluding hydrogens is 376 g/mol. The lowest BCUT2D eigenvalue weighted by molar-refractivity contribution is -0.135. The lowest BCUT2D eigenvalue weighted by Gasteiger charge is -2.24. The zero-order valence-electron chi connectivity index (χ0n) is 16.0. The molecule has 0 fully saturated rings. The molecule has 0 aliphatic heterocycles. The summed E-state index contributed by atoms with van der Waals surface area (Å²) < 4.78 is 27.3. The van der Waals surface area contributed by atoms with Crippen molar-refractivity contribution in [1.82, 2.24) is 4.98 Å². The molecule has 0 bridgehead atoms. The van der Waals surface area contributed by atoms with E-state index in [0.29, 0.717) is 5.52 Å². The summed E-state index contributed by atoms with van der Waals surface area (Å²) in [6.07, 6.45) is 1.64. The van der Waals surface area contributed by atoms with Crippen molar-refractivity contribution in [2.45, 2.75) is 31.1 Å². The molecule has 0 atom stereocenters. The minimum atomic E-state index is -4.05. The van der Waals surface area contributed by atoms with Crippen LogP contribution in [0.25, 0.3) is 10.9 Å². The van der Waals surface area contributed by atoms with Gasteiger partial charge in [-0.05, 0) is 47.4 Å². The quantitative estimate of drug-likeness (QED) is 0.706. The predicted molar refractivity (Wildman–Crippen MR) is 109 cm³/mol. The maximum atomic E-state index is 13.2. The van der Waals surface area contributed by atoms with Crippen LogP contribution >= 0.6 is 0 Å². The van der Waals surface area contributed by atoms with Crippen molar-refractivity contribution in [3.05, 3.63) is 66.4 Å². The van der Waals surface area contributed by atoms with Gasteiger partial charge in [0.2, 0.25) is 0 Å². The minimum Gasteiger partial charge on any atom is -0.480 e. The number of aromatic nitrogens is 1. The van der Waals surface area contributed by atoms with Crippen molar-refractivity contribution >= 4 is 32.6 Å². The van der Waals surface area contributed by atoms with Crippen LogP contribution in [0.15, 0.2) is 65.7 Å². The van der Waals surface area contributed by atoms with Gasteiger partial charge in [-0.1, -0.05) is 39.0 Å². The highest BCUT2D eigenvalue weighted by atomic mass is 32.2. The van der Waals surface area contributed by atoms with Crippen LogP contribution in [0.4, 0.5) is 5.69 Å². The highest BCUT2D eigenvalue weighted by Gasteiger charge is 2.28. The second kappa shape index (κ2) is 7.24. The third-order valence-electron chi connectivity index (χ3n) is 4.46. The number of fused-ring (bicyclic) bond motifs is 1. The summed E-state index contributed by atoms with van der Waals surface area (Å²) in [5.41, 5.74) is 1.86. The molecule has 1 heterocycles. The van der Waals surface area contributed by atoms with Gasteiger partial charge in [-0.2, -0.15) is 0 Å². The molecule has 0 saturated heterocycles. The van der Waals surface area contributed by atoms with E-state index in [9.17, 15) is 18.3 Å². The Morgan fingerprint density at radius 2 is 1.75 bits per heavy atom. The van der Waals surface area contributed by atoms with E-state index in [1.54, 1.807) is 48.7 Å². The second-order valence-electron chi connectivity index (χ2n) is 7.56. The lowest BCUT2D eigenvalue weighted by Crippen LogP contribution is -2.35. The molecule has 0 unspecified atom stereocenters.